The molecular weight excluding hydrogens is 546 g/mol. The number of benzene rings is 2. The minimum absolute atomic E-state index is 0.00753. The molecule has 0 spiro atoms. The van der Waals surface area contributed by atoms with Gasteiger partial charge in [-0.25, -0.2) is 11.5 Å². The Balaban J connectivity index is 1.54. The molecule has 5 aliphatic rings. The number of cyclic esters (lactones) is 1. The van der Waals surface area contributed by atoms with Gasteiger partial charge in [-0.3, -0.25) is 14.5 Å². The molecule has 2 N–H and O–H groups in total. The van der Waals surface area contributed by atoms with Crippen LogP contribution in [0, 0.1) is 26.3 Å². The van der Waals surface area contributed by atoms with Gasteiger partial charge in [-0.15, -0.1) is 0 Å². The standard InChI is InChI=1S/C30H33N3O7S/c1-12-7-15-8-16-29(31-4)33-17-9-38-30(36)13(2)10-41-28(20-19(17)27-26(39-11-40-27)14(3)23(20)34)22(33)21(32(16)5)18(15)24(35)25(12)37-6/h7,13,16-17,21-22,28-29,34-35H,8-11H2,1-3,5-6H3/t13-,16+,17+,21+,22?,28+,29+/m0/s1. The van der Waals surface area contributed by atoms with Gasteiger partial charge < -0.3 is 29.2 Å². The molecule has 7 atom stereocenters. The van der Waals surface area contributed by atoms with Crippen molar-refractivity contribution in [1.82, 2.24) is 9.80 Å². The van der Waals surface area contributed by atoms with Crippen LogP contribution in [0.5, 0.6) is 28.7 Å². The highest BCUT2D eigenvalue weighted by Crippen LogP contribution is 2.64. The number of rotatable bonds is 1. The first-order valence-electron chi connectivity index (χ1n) is 13.9. The Morgan fingerprint density at radius 2 is 1.88 bits per heavy atom. The van der Waals surface area contributed by atoms with Crippen LogP contribution in [0.2, 0.25) is 0 Å². The number of hydrogen-bond acceptors (Lipinski definition) is 10. The molecule has 1 unspecified atom stereocenters. The summed E-state index contributed by atoms with van der Waals surface area (Å²) in [7, 11) is 3.58. The molecule has 2 aromatic rings. The summed E-state index contributed by atoms with van der Waals surface area (Å²) >= 11 is 1.58. The number of aryl methyl sites for hydroxylation is 1. The molecule has 10 nitrogen and oxygen atoms in total. The van der Waals surface area contributed by atoms with Gasteiger partial charge in [0.25, 0.3) is 6.17 Å². The second kappa shape index (κ2) is 9.34. The SMILES string of the molecule is [C-]#[N+][C@H]1[C@H]2Cc3cc(C)c(OC)c(O)c3[C@H](C3[C@@H]4SC[C@H](C)C(=O)OC[C@H](c5c6c(c(C)c(O)c54)OCO6)N31)N2C. The van der Waals surface area contributed by atoms with E-state index < -0.39 is 12.2 Å². The van der Waals surface area contributed by atoms with E-state index >= 15 is 0 Å². The second-order valence-corrected chi connectivity index (χ2v) is 12.9. The van der Waals surface area contributed by atoms with E-state index in [2.05, 4.69) is 20.7 Å². The van der Waals surface area contributed by atoms with Crippen LogP contribution in [0.3, 0.4) is 0 Å². The summed E-state index contributed by atoms with van der Waals surface area (Å²) < 4.78 is 23.4. The first-order valence-corrected chi connectivity index (χ1v) is 14.9. The van der Waals surface area contributed by atoms with E-state index in [0.29, 0.717) is 35.0 Å². The van der Waals surface area contributed by atoms with Gasteiger partial charge in [0, 0.05) is 28.0 Å². The molecule has 2 saturated heterocycles. The number of carbonyl (C=O) groups is 1. The van der Waals surface area contributed by atoms with Crippen molar-refractivity contribution in [2.45, 2.75) is 62.8 Å². The van der Waals surface area contributed by atoms with Crippen molar-refractivity contribution in [2.24, 2.45) is 5.92 Å². The Hall–Kier alpha value is -3.33. The molecule has 0 amide bonds. The van der Waals surface area contributed by atoms with Crippen LogP contribution >= 0.6 is 11.8 Å². The second-order valence-electron chi connectivity index (χ2n) is 11.7. The monoisotopic (exact) mass is 579 g/mol. The number of piperazine rings is 1. The van der Waals surface area contributed by atoms with E-state index in [4.69, 9.17) is 25.5 Å². The number of carbonyl (C=O) groups excluding carboxylic acids is 1. The third-order valence-electron chi connectivity index (χ3n) is 9.60. The predicted molar refractivity (Wildman–Crippen MR) is 150 cm³/mol. The van der Waals surface area contributed by atoms with Gasteiger partial charge in [0.15, 0.2) is 23.0 Å². The van der Waals surface area contributed by atoms with Crippen molar-refractivity contribution in [3.63, 3.8) is 0 Å². The van der Waals surface area contributed by atoms with E-state index in [1.807, 2.05) is 27.8 Å². The number of phenols is 2. The van der Waals surface area contributed by atoms with Crippen LogP contribution in [-0.4, -0.2) is 77.5 Å². The maximum Gasteiger partial charge on any atom is 0.309 e. The highest BCUT2D eigenvalue weighted by atomic mass is 32.2. The maximum absolute atomic E-state index is 13.0. The summed E-state index contributed by atoms with van der Waals surface area (Å²) in [6.45, 7) is 14.1. The molecule has 4 bridgehead atoms. The molecule has 11 heteroatoms. The van der Waals surface area contributed by atoms with E-state index in [1.165, 1.54) is 0 Å². The van der Waals surface area contributed by atoms with E-state index in [-0.39, 0.29) is 60.2 Å². The highest BCUT2D eigenvalue weighted by Gasteiger charge is 2.62. The first kappa shape index (κ1) is 26.6. The lowest BCUT2D eigenvalue weighted by Crippen LogP contribution is -2.68. The molecule has 5 aliphatic heterocycles. The number of fused-ring (bicyclic) bond motifs is 9. The Labute approximate surface area is 242 Å². The quantitative estimate of drug-likeness (QED) is 0.381. The number of nitrogens with zero attached hydrogens (tertiary/aromatic N) is 3. The minimum atomic E-state index is -0.572. The van der Waals surface area contributed by atoms with E-state index in [9.17, 15) is 15.0 Å². The number of esters is 1. The normalized spacial score (nSPS) is 31.9. The number of ether oxygens (including phenoxy) is 4. The molecule has 0 saturated carbocycles. The van der Waals surface area contributed by atoms with Crippen LogP contribution in [0.4, 0.5) is 0 Å². The molecule has 41 heavy (non-hydrogen) atoms. The molecule has 5 heterocycles. The number of methoxy groups -OCH3 is 1. The van der Waals surface area contributed by atoms with Crippen LogP contribution in [0.15, 0.2) is 6.07 Å². The molecule has 2 aromatic carbocycles. The molecule has 216 valence electrons. The van der Waals surface area contributed by atoms with Crippen LogP contribution < -0.4 is 14.2 Å². The Morgan fingerprint density at radius 1 is 1.12 bits per heavy atom. The fourth-order valence-electron chi connectivity index (χ4n) is 7.76. The third kappa shape index (κ3) is 3.47. The Kier molecular flexibility index (Phi) is 6.05. The van der Waals surface area contributed by atoms with Crippen LogP contribution in [-0.2, 0) is 16.0 Å². The number of aromatic hydroxyl groups is 2. The molecular formula is C30H33N3O7S. The fraction of sp³-hybridized carbons (Fsp3) is 0.533. The summed E-state index contributed by atoms with van der Waals surface area (Å²) in [5.74, 6) is 1.55. The first-order chi connectivity index (χ1) is 19.7. The van der Waals surface area contributed by atoms with E-state index in [1.54, 1.807) is 18.9 Å². The van der Waals surface area contributed by atoms with Gasteiger partial charge in [0.2, 0.25) is 6.79 Å². The number of thioether (sulfide) groups is 1. The van der Waals surface area contributed by atoms with Gasteiger partial charge in [-0.2, -0.15) is 11.8 Å². The summed E-state index contributed by atoms with van der Waals surface area (Å²) in [4.78, 5) is 21.6. The Morgan fingerprint density at radius 3 is 2.61 bits per heavy atom. The lowest BCUT2D eigenvalue weighted by Gasteiger charge is -2.59. The highest BCUT2D eigenvalue weighted by molar-refractivity contribution is 7.99. The number of phenolic OH excluding ortho intramolecular Hbond substituents is 2. The molecule has 7 rings (SSSR count). The molecule has 0 aromatic heterocycles. The topological polar surface area (TPSA) is 105 Å². The van der Waals surface area contributed by atoms with E-state index in [0.717, 1.165) is 27.8 Å². The van der Waals surface area contributed by atoms with Gasteiger partial charge in [-0.1, -0.05) is 13.0 Å². The summed E-state index contributed by atoms with van der Waals surface area (Å²) in [5, 5.41) is 23.1. The lowest BCUT2D eigenvalue weighted by atomic mass is 9.72. The lowest BCUT2D eigenvalue weighted by molar-refractivity contribution is -0.153. The molecule has 2 fully saturated rings. The summed E-state index contributed by atoms with van der Waals surface area (Å²) in [6, 6.07) is 0.673. The van der Waals surface area contributed by atoms with Crippen LogP contribution in [0.1, 0.15) is 57.6 Å². The van der Waals surface area contributed by atoms with Crippen molar-refractivity contribution in [1.29, 1.82) is 0 Å². The average molecular weight is 580 g/mol. The van der Waals surface area contributed by atoms with Crippen molar-refractivity contribution < 1.29 is 34.0 Å². The summed E-state index contributed by atoms with van der Waals surface area (Å²) in [5.41, 5.74) is 4.69. The van der Waals surface area contributed by atoms with Crippen molar-refractivity contribution in [3.8, 4) is 28.7 Å². The predicted octanol–water partition coefficient (Wildman–Crippen LogP) is 4.00. The van der Waals surface area contributed by atoms with Crippen molar-refractivity contribution in [3.05, 3.63) is 50.9 Å². The van der Waals surface area contributed by atoms with Crippen molar-refractivity contribution >= 4 is 17.7 Å². The average Bonchev–Trinajstić information content (AvgIpc) is 3.44. The third-order valence-corrected chi connectivity index (χ3v) is 11.2. The van der Waals surface area contributed by atoms with Crippen LogP contribution in [0.25, 0.3) is 4.85 Å². The largest absolute Gasteiger partial charge is 0.507 e. The minimum Gasteiger partial charge on any atom is -0.507 e. The zero-order valence-electron chi connectivity index (χ0n) is 23.6. The maximum atomic E-state index is 13.0. The molecule has 0 radical (unpaired) electrons. The van der Waals surface area contributed by atoms with Gasteiger partial charge in [0.1, 0.15) is 18.4 Å². The van der Waals surface area contributed by atoms with Gasteiger partial charge in [0.05, 0.1) is 36.4 Å². The smallest absolute Gasteiger partial charge is 0.309 e. The zero-order valence-corrected chi connectivity index (χ0v) is 24.4. The zero-order chi connectivity index (χ0) is 28.9. The Bertz CT molecular complexity index is 1520. The van der Waals surface area contributed by atoms with Gasteiger partial charge >= 0.3 is 5.97 Å². The molecule has 0 aliphatic carbocycles. The number of hydrogen-bond donors (Lipinski definition) is 2. The fourth-order valence-corrected chi connectivity index (χ4v) is 9.28. The summed E-state index contributed by atoms with van der Waals surface area (Å²) in [6.07, 6.45) is -0.000568. The van der Waals surface area contributed by atoms with Gasteiger partial charge in [-0.05, 0) is 38.4 Å². The van der Waals surface area contributed by atoms with Crippen molar-refractivity contribution in [2.75, 3.05) is 33.3 Å². The number of likely N-dealkylation sites (N-methyl/N-ethyl adjacent to an activating group) is 1.